The highest BCUT2D eigenvalue weighted by molar-refractivity contribution is 9.09. The molecule has 0 amide bonds. The maximum absolute atomic E-state index is 13.7. The van der Waals surface area contributed by atoms with Crippen LogP contribution in [0.5, 0.6) is 0 Å². The summed E-state index contributed by atoms with van der Waals surface area (Å²) < 4.78 is 26.8. The van der Waals surface area contributed by atoms with Crippen LogP contribution in [-0.2, 0) is 0 Å². The van der Waals surface area contributed by atoms with E-state index in [2.05, 4.69) is 15.9 Å². The highest BCUT2D eigenvalue weighted by Gasteiger charge is 2.18. The Kier molecular flexibility index (Phi) is 4.25. The van der Waals surface area contributed by atoms with Gasteiger partial charge in [0, 0.05) is 5.56 Å². The fourth-order valence-electron chi connectivity index (χ4n) is 1.57. The van der Waals surface area contributed by atoms with Crippen LogP contribution in [0, 0.1) is 11.6 Å². The van der Waals surface area contributed by atoms with Crippen molar-refractivity contribution in [2.75, 3.05) is 0 Å². The second-order valence-corrected chi connectivity index (χ2v) is 5.41. The van der Waals surface area contributed by atoms with Gasteiger partial charge in [0.05, 0.1) is 14.9 Å². The van der Waals surface area contributed by atoms with Gasteiger partial charge in [0.1, 0.15) is 0 Å². The third-order valence-electron chi connectivity index (χ3n) is 2.49. The molecule has 0 saturated carbocycles. The zero-order chi connectivity index (χ0) is 13.3. The van der Waals surface area contributed by atoms with Crippen molar-refractivity contribution in [3.05, 3.63) is 69.2 Å². The van der Waals surface area contributed by atoms with E-state index >= 15 is 0 Å². The van der Waals surface area contributed by atoms with Crippen molar-refractivity contribution in [3.8, 4) is 0 Å². The molecular weight excluding hydrogens is 345 g/mol. The Morgan fingerprint density at radius 3 is 2.39 bits per heavy atom. The molecule has 2 aromatic carbocycles. The predicted molar refractivity (Wildman–Crippen MR) is 73.6 cm³/mol. The van der Waals surface area contributed by atoms with Crippen molar-refractivity contribution in [2.24, 2.45) is 0 Å². The molecule has 0 aliphatic rings. The zero-order valence-electron chi connectivity index (χ0n) is 8.93. The first-order valence-corrected chi connectivity index (χ1v) is 6.71. The summed E-state index contributed by atoms with van der Waals surface area (Å²) in [4.78, 5) is -0.483. The molecule has 1 atom stereocenters. The molecule has 2 rings (SSSR count). The Labute approximate surface area is 122 Å². The fourth-order valence-corrected chi connectivity index (χ4v) is 2.51. The number of rotatable bonds is 2. The minimum Gasteiger partial charge on any atom is -0.204 e. The van der Waals surface area contributed by atoms with Gasteiger partial charge >= 0.3 is 0 Å². The van der Waals surface area contributed by atoms with Crippen molar-refractivity contribution in [1.29, 1.82) is 0 Å². The minimum atomic E-state index is -0.878. The van der Waals surface area contributed by atoms with Gasteiger partial charge in [-0.15, -0.1) is 0 Å². The molecule has 5 heteroatoms. The second-order valence-electron chi connectivity index (χ2n) is 3.68. The topological polar surface area (TPSA) is 0 Å². The second kappa shape index (κ2) is 5.55. The van der Waals surface area contributed by atoms with Gasteiger partial charge < -0.3 is 0 Å². The van der Waals surface area contributed by atoms with Crippen LogP contribution < -0.4 is 0 Å². The summed E-state index contributed by atoms with van der Waals surface area (Å²) in [6, 6.07) is 8.99. The van der Waals surface area contributed by atoms with E-state index in [1.807, 2.05) is 0 Å². The predicted octanol–water partition coefficient (Wildman–Crippen LogP) is 5.76. The van der Waals surface area contributed by atoms with E-state index in [-0.39, 0.29) is 5.56 Å². The van der Waals surface area contributed by atoms with Crippen molar-refractivity contribution < 1.29 is 8.78 Å². The molecule has 0 N–H and O–H groups in total. The van der Waals surface area contributed by atoms with Gasteiger partial charge in [-0.2, -0.15) is 0 Å². The number of halogens is 5. The normalized spacial score (nSPS) is 12.5. The van der Waals surface area contributed by atoms with Crippen molar-refractivity contribution in [1.82, 2.24) is 0 Å². The van der Waals surface area contributed by atoms with Gasteiger partial charge in [-0.05, 0) is 23.8 Å². The summed E-state index contributed by atoms with van der Waals surface area (Å²) in [7, 11) is 0. The molecule has 0 heterocycles. The molecule has 94 valence electrons. The van der Waals surface area contributed by atoms with Crippen LogP contribution in [0.25, 0.3) is 0 Å². The lowest BCUT2D eigenvalue weighted by Gasteiger charge is -2.12. The largest absolute Gasteiger partial charge is 0.204 e. The van der Waals surface area contributed by atoms with Crippen LogP contribution >= 0.6 is 39.1 Å². The van der Waals surface area contributed by atoms with E-state index in [9.17, 15) is 8.78 Å². The summed E-state index contributed by atoms with van der Waals surface area (Å²) in [6.07, 6.45) is 0. The lowest BCUT2D eigenvalue weighted by molar-refractivity contribution is 0.500. The molecule has 18 heavy (non-hydrogen) atoms. The lowest BCUT2D eigenvalue weighted by Crippen LogP contribution is -1.99. The van der Waals surface area contributed by atoms with E-state index in [1.54, 1.807) is 18.2 Å². The number of alkyl halides is 1. The quantitative estimate of drug-likeness (QED) is 0.604. The monoisotopic (exact) mass is 350 g/mol. The smallest absolute Gasteiger partial charge is 0.163 e. The number of hydrogen-bond donors (Lipinski definition) is 0. The minimum absolute atomic E-state index is 0.216. The highest BCUT2D eigenvalue weighted by Crippen LogP contribution is 2.35. The van der Waals surface area contributed by atoms with Crippen molar-refractivity contribution in [2.45, 2.75) is 4.83 Å². The Balaban J connectivity index is 2.44. The van der Waals surface area contributed by atoms with Gasteiger partial charge in [-0.1, -0.05) is 57.3 Å². The first-order valence-electron chi connectivity index (χ1n) is 5.03. The van der Waals surface area contributed by atoms with Crippen LogP contribution in [0.15, 0.2) is 36.4 Å². The maximum Gasteiger partial charge on any atom is 0.163 e. The van der Waals surface area contributed by atoms with E-state index in [1.165, 1.54) is 12.1 Å². The van der Waals surface area contributed by atoms with Crippen LogP contribution in [0.3, 0.4) is 0 Å². The molecular formula is C13H7BrCl2F2. The Hall–Kier alpha value is -0.640. The first-order chi connectivity index (χ1) is 8.50. The maximum atomic E-state index is 13.7. The van der Waals surface area contributed by atoms with Gasteiger partial charge in [0.15, 0.2) is 11.6 Å². The molecule has 0 spiro atoms. The van der Waals surface area contributed by atoms with Gasteiger partial charge in [0.25, 0.3) is 0 Å². The van der Waals surface area contributed by atoms with Crippen molar-refractivity contribution in [3.63, 3.8) is 0 Å². The Morgan fingerprint density at radius 2 is 1.72 bits per heavy atom. The molecule has 0 saturated heterocycles. The number of hydrogen-bond acceptors (Lipinski definition) is 0. The Bertz CT molecular complexity index is 587. The van der Waals surface area contributed by atoms with E-state index in [4.69, 9.17) is 23.2 Å². The molecule has 0 fully saturated rings. The fraction of sp³-hybridized carbons (Fsp3) is 0.0769. The summed E-state index contributed by atoms with van der Waals surface area (Å²) in [6.45, 7) is 0. The lowest BCUT2D eigenvalue weighted by atomic mass is 10.0. The standard InChI is InChI=1S/C13H7BrCl2F2/c14-12(7-4-5-9(15)10(16)6-7)8-2-1-3-11(17)13(8)18/h1-6,12H. The van der Waals surface area contributed by atoms with Crippen LogP contribution in [0.1, 0.15) is 16.0 Å². The molecule has 2 aromatic rings. The highest BCUT2D eigenvalue weighted by atomic mass is 79.9. The van der Waals surface area contributed by atoms with Crippen LogP contribution in [0.2, 0.25) is 10.0 Å². The molecule has 0 bridgehead atoms. The molecule has 1 unspecified atom stereocenters. The SMILES string of the molecule is Fc1cccc(C(Br)c2ccc(Cl)c(Cl)c2)c1F. The average molecular weight is 352 g/mol. The molecule has 0 nitrogen and oxygen atoms in total. The van der Waals surface area contributed by atoms with E-state index in [0.717, 1.165) is 6.07 Å². The van der Waals surface area contributed by atoms with E-state index < -0.39 is 16.5 Å². The first kappa shape index (κ1) is 13.8. The van der Waals surface area contributed by atoms with Crippen LogP contribution in [-0.4, -0.2) is 0 Å². The molecule has 0 aliphatic heterocycles. The third kappa shape index (κ3) is 2.68. The Morgan fingerprint density at radius 1 is 1.00 bits per heavy atom. The molecule has 0 radical (unpaired) electrons. The molecule has 0 aliphatic carbocycles. The van der Waals surface area contributed by atoms with Gasteiger partial charge in [-0.3, -0.25) is 0 Å². The van der Waals surface area contributed by atoms with Gasteiger partial charge in [0.2, 0.25) is 0 Å². The van der Waals surface area contributed by atoms with Gasteiger partial charge in [-0.25, -0.2) is 8.78 Å². The third-order valence-corrected chi connectivity index (χ3v) is 4.25. The summed E-state index contributed by atoms with van der Waals surface area (Å²) in [5.41, 5.74) is 0.919. The summed E-state index contributed by atoms with van der Waals surface area (Å²) in [5, 5.41) is 0.787. The average Bonchev–Trinajstić information content (AvgIpc) is 2.35. The van der Waals surface area contributed by atoms with Crippen molar-refractivity contribution >= 4 is 39.1 Å². The summed E-state index contributed by atoms with van der Waals surface area (Å²) >= 11 is 15.0. The van der Waals surface area contributed by atoms with E-state index in [0.29, 0.717) is 15.6 Å². The van der Waals surface area contributed by atoms with Crippen LogP contribution in [0.4, 0.5) is 8.78 Å². The molecule has 0 aromatic heterocycles. The zero-order valence-corrected chi connectivity index (χ0v) is 12.0. The number of benzene rings is 2. The summed E-state index contributed by atoms with van der Waals surface area (Å²) in [5.74, 6) is -1.75.